The van der Waals surface area contributed by atoms with Crippen molar-refractivity contribution in [1.29, 1.82) is 0 Å². The van der Waals surface area contributed by atoms with Crippen molar-refractivity contribution < 1.29 is 22.7 Å². The van der Waals surface area contributed by atoms with E-state index in [0.717, 1.165) is 62.3 Å². The van der Waals surface area contributed by atoms with E-state index in [1.807, 2.05) is 24.3 Å². The molecule has 1 fully saturated rings. The van der Waals surface area contributed by atoms with Gasteiger partial charge in [0.25, 0.3) is 0 Å². The lowest BCUT2D eigenvalue weighted by molar-refractivity contribution is -0.137. The quantitative estimate of drug-likeness (QED) is 0.723. The number of hydrogen-bond donors (Lipinski definition) is 1. The van der Waals surface area contributed by atoms with Crippen LogP contribution in [0.2, 0.25) is 0 Å². The lowest BCUT2D eigenvalue weighted by atomic mass is 10.2. The van der Waals surface area contributed by atoms with Crippen LogP contribution in [0.3, 0.4) is 0 Å². The van der Waals surface area contributed by atoms with Crippen molar-refractivity contribution in [2.24, 2.45) is 0 Å². The molecule has 0 aromatic heterocycles. The van der Waals surface area contributed by atoms with Gasteiger partial charge in [0.1, 0.15) is 0 Å². The summed E-state index contributed by atoms with van der Waals surface area (Å²) in [5, 5.41) is 2.77. The van der Waals surface area contributed by atoms with Gasteiger partial charge < -0.3 is 10.1 Å². The second kappa shape index (κ2) is 9.45. The maximum atomic E-state index is 12.7. The summed E-state index contributed by atoms with van der Waals surface area (Å²) in [7, 11) is 0. The second-order valence-electron chi connectivity index (χ2n) is 6.45. The highest BCUT2D eigenvalue weighted by molar-refractivity contribution is 8.00. The van der Waals surface area contributed by atoms with E-state index in [-0.39, 0.29) is 11.7 Å². The van der Waals surface area contributed by atoms with Gasteiger partial charge in [-0.1, -0.05) is 18.2 Å². The Morgan fingerprint density at radius 3 is 2.50 bits per heavy atom. The Labute approximate surface area is 166 Å². The maximum Gasteiger partial charge on any atom is 0.416 e. The van der Waals surface area contributed by atoms with Gasteiger partial charge in [-0.3, -0.25) is 9.69 Å². The van der Waals surface area contributed by atoms with Gasteiger partial charge in [0, 0.05) is 30.2 Å². The van der Waals surface area contributed by atoms with Crippen LogP contribution in [0.4, 0.5) is 18.9 Å². The Hall–Kier alpha value is -2.03. The fourth-order valence-electron chi connectivity index (χ4n) is 2.82. The molecule has 150 valence electrons. The first-order valence-electron chi connectivity index (χ1n) is 8.89. The number of amides is 1. The van der Waals surface area contributed by atoms with E-state index in [1.54, 1.807) is 6.07 Å². The van der Waals surface area contributed by atoms with E-state index in [1.165, 1.54) is 6.07 Å². The molecule has 3 rings (SSSR count). The highest BCUT2D eigenvalue weighted by atomic mass is 32.2. The summed E-state index contributed by atoms with van der Waals surface area (Å²) in [5.74, 6) is -0.222. The SMILES string of the molecule is O=C(CSc1cccc(C(F)(F)F)c1)Nc1ccc(CN2CCOCC2)cc1. The van der Waals surface area contributed by atoms with Crippen molar-refractivity contribution in [3.05, 3.63) is 59.7 Å². The van der Waals surface area contributed by atoms with Crippen LogP contribution in [0.25, 0.3) is 0 Å². The third-order valence-corrected chi connectivity index (χ3v) is 5.27. The van der Waals surface area contributed by atoms with Crippen molar-refractivity contribution >= 4 is 23.4 Å². The number of rotatable bonds is 6. The fourth-order valence-corrected chi connectivity index (χ4v) is 3.57. The highest BCUT2D eigenvalue weighted by Gasteiger charge is 2.30. The molecule has 8 heteroatoms. The maximum absolute atomic E-state index is 12.7. The molecule has 1 N–H and O–H groups in total. The number of carbonyl (C=O) groups is 1. The van der Waals surface area contributed by atoms with Gasteiger partial charge in [0.05, 0.1) is 24.5 Å². The zero-order chi connectivity index (χ0) is 20.0. The number of morpholine rings is 1. The molecule has 2 aromatic carbocycles. The van der Waals surface area contributed by atoms with Gasteiger partial charge in [-0.2, -0.15) is 13.2 Å². The molecule has 1 heterocycles. The number of alkyl halides is 3. The van der Waals surface area contributed by atoms with Crippen LogP contribution in [-0.4, -0.2) is 42.9 Å². The van der Waals surface area contributed by atoms with Gasteiger partial charge in [-0.15, -0.1) is 11.8 Å². The molecule has 0 bridgehead atoms. The molecule has 4 nitrogen and oxygen atoms in total. The van der Waals surface area contributed by atoms with Gasteiger partial charge in [-0.05, 0) is 35.9 Å². The van der Waals surface area contributed by atoms with Crippen LogP contribution in [0.15, 0.2) is 53.4 Å². The standard InChI is InChI=1S/C20H21F3N2O2S/c21-20(22,23)16-2-1-3-18(12-16)28-14-19(26)24-17-6-4-15(5-7-17)13-25-8-10-27-11-9-25/h1-7,12H,8-11,13-14H2,(H,24,26). The number of nitrogens with zero attached hydrogens (tertiary/aromatic N) is 1. The summed E-state index contributed by atoms with van der Waals surface area (Å²) in [6.45, 7) is 4.15. The first-order chi connectivity index (χ1) is 13.4. The molecular weight excluding hydrogens is 389 g/mol. The first kappa shape index (κ1) is 20.7. The molecule has 0 unspecified atom stereocenters. The summed E-state index contributed by atoms with van der Waals surface area (Å²) >= 11 is 1.07. The summed E-state index contributed by atoms with van der Waals surface area (Å²) in [6, 6.07) is 12.6. The van der Waals surface area contributed by atoms with Gasteiger partial charge in [-0.25, -0.2) is 0 Å². The molecule has 0 aliphatic carbocycles. The highest BCUT2D eigenvalue weighted by Crippen LogP contribution is 2.31. The Balaban J connectivity index is 1.48. The fraction of sp³-hybridized carbons (Fsp3) is 0.350. The largest absolute Gasteiger partial charge is 0.416 e. The van der Waals surface area contributed by atoms with E-state index < -0.39 is 11.7 Å². The lowest BCUT2D eigenvalue weighted by Gasteiger charge is -2.26. The molecule has 1 aliphatic heterocycles. The topological polar surface area (TPSA) is 41.6 Å². The molecule has 0 atom stereocenters. The Kier molecular flexibility index (Phi) is 6.98. The predicted molar refractivity (Wildman–Crippen MR) is 103 cm³/mol. The molecule has 0 spiro atoms. The Bertz CT molecular complexity index is 791. The van der Waals surface area contributed by atoms with E-state index in [9.17, 15) is 18.0 Å². The number of nitrogens with one attached hydrogen (secondary N) is 1. The molecular formula is C20H21F3N2O2S. The van der Waals surface area contributed by atoms with Crippen molar-refractivity contribution in [2.75, 3.05) is 37.4 Å². The monoisotopic (exact) mass is 410 g/mol. The first-order valence-corrected chi connectivity index (χ1v) is 9.88. The van der Waals surface area contributed by atoms with Crippen LogP contribution in [0.5, 0.6) is 0 Å². The number of thioether (sulfide) groups is 1. The Morgan fingerprint density at radius 1 is 1.11 bits per heavy atom. The normalized spacial score (nSPS) is 15.4. The average Bonchev–Trinajstić information content (AvgIpc) is 2.68. The van der Waals surface area contributed by atoms with E-state index in [4.69, 9.17) is 4.74 Å². The number of hydrogen-bond acceptors (Lipinski definition) is 4. The average molecular weight is 410 g/mol. The Morgan fingerprint density at radius 2 is 1.82 bits per heavy atom. The third-order valence-electron chi connectivity index (χ3n) is 4.28. The molecule has 2 aromatic rings. The molecule has 1 saturated heterocycles. The van der Waals surface area contributed by atoms with Gasteiger partial charge in [0.15, 0.2) is 0 Å². The molecule has 0 radical (unpaired) electrons. The number of halogens is 3. The molecule has 1 amide bonds. The van der Waals surface area contributed by atoms with Crippen LogP contribution in [-0.2, 0) is 22.3 Å². The molecule has 0 saturated carbocycles. The number of benzene rings is 2. The van der Waals surface area contributed by atoms with E-state index in [0.29, 0.717) is 10.6 Å². The van der Waals surface area contributed by atoms with E-state index >= 15 is 0 Å². The van der Waals surface area contributed by atoms with Gasteiger partial charge in [0.2, 0.25) is 5.91 Å². The summed E-state index contributed by atoms with van der Waals surface area (Å²) in [6.07, 6.45) is -4.39. The number of anilines is 1. The van der Waals surface area contributed by atoms with E-state index in [2.05, 4.69) is 10.2 Å². The second-order valence-corrected chi connectivity index (χ2v) is 7.50. The molecule has 1 aliphatic rings. The predicted octanol–water partition coefficient (Wildman–Crippen LogP) is 4.27. The number of carbonyl (C=O) groups excluding carboxylic acids is 1. The van der Waals surface area contributed by atoms with Crippen molar-refractivity contribution in [2.45, 2.75) is 17.6 Å². The zero-order valence-electron chi connectivity index (χ0n) is 15.2. The van der Waals surface area contributed by atoms with Crippen molar-refractivity contribution in [3.63, 3.8) is 0 Å². The van der Waals surface area contributed by atoms with Crippen LogP contribution >= 0.6 is 11.8 Å². The minimum absolute atomic E-state index is 0.0385. The summed E-state index contributed by atoms with van der Waals surface area (Å²) in [4.78, 5) is 14.8. The summed E-state index contributed by atoms with van der Waals surface area (Å²) in [5.41, 5.74) is 1.10. The minimum Gasteiger partial charge on any atom is -0.379 e. The zero-order valence-corrected chi connectivity index (χ0v) is 16.0. The van der Waals surface area contributed by atoms with Crippen LogP contribution < -0.4 is 5.32 Å². The third kappa shape index (κ3) is 6.25. The van der Waals surface area contributed by atoms with Crippen LogP contribution in [0, 0.1) is 0 Å². The number of ether oxygens (including phenoxy) is 1. The molecule has 28 heavy (non-hydrogen) atoms. The van der Waals surface area contributed by atoms with Crippen LogP contribution in [0.1, 0.15) is 11.1 Å². The van der Waals surface area contributed by atoms with Crippen molar-refractivity contribution in [3.8, 4) is 0 Å². The van der Waals surface area contributed by atoms with Crippen molar-refractivity contribution in [1.82, 2.24) is 4.90 Å². The smallest absolute Gasteiger partial charge is 0.379 e. The lowest BCUT2D eigenvalue weighted by Crippen LogP contribution is -2.35. The summed E-state index contributed by atoms with van der Waals surface area (Å²) < 4.78 is 43.5. The minimum atomic E-state index is -4.39. The van der Waals surface area contributed by atoms with Gasteiger partial charge >= 0.3 is 6.18 Å².